The summed E-state index contributed by atoms with van der Waals surface area (Å²) in [5.74, 6) is -0.439. The molecule has 94 valence electrons. The molecule has 2 heterocycles. The Hall–Kier alpha value is -1.55. The summed E-state index contributed by atoms with van der Waals surface area (Å²) in [7, 11) is 0. The number of thiophene rings is 1. The molecule has 3 rings (SSSR count). The topological polar surface area (TPSA) is 42.2 Å². The lowest BCUT2D eigenvalue weighted by Gasteiger charge is -2.19. The molecular weight excluding hydrogens is 246 g/mol. The Bertz CT molecular complexity index is 583. The van der Waals surface area contributed by atoms with Gasteiger partial charge in [-0.2, -0.15) is 0 Å². The van der Waals surface area contributed by atoms with Crippen LogP contribution in [0.25, 0.3) is 5.00 Å². The molecule has 1 N–H and O–H groups in total. The average molecular weight is 261 g/mol. The van der Waals surface area contributed by atoms with Crippen molar-refractivity contribution in [3.8, 4) is 5.00 Å². The van der Waals surface area contributed by atoms with Crippen LogP contribution in [-0.2, 0) is 6.42 Å². The van der Waals surface area contributed by atoms with Crippen molar-refractivity contribution in [3.05, 3.63) is 40.5 Å². The fourth-order valence-corrected chi connectivity index (χ4v) is 4.18. The normalized spacial score (nSPS) is 18.6. The smallest absolute Gasteiger partial charge is 0.339 e. The van der Waals surface area contributed by atoms with E-state index in [0.717, 1.165) is 23.4 Å². The molecule has 0 fully saturated rings. The van der Waals surface area contributed by atoms with Gasteiger partial charge in [0.15, 0.2) is 0 Å². The summed E-state index contributed by atoms with van der Waals surface area (Å²) in [6.07, 6.45) is 7.10. The summed E-state index contributed by atoms with van der Waals surface area (Å²) in [6, 6.07) is 3.85. The van der Waals surface area contributed by atoms with Crippen molar-refractivity contribution in [1.29, 1.82) is 0 Å². The van der Waals surface area contributed by atoms with E-state index in [1.807, 2.05) is 29.1 Å². The van der Waals surface area contributed by atoms with Crippen LogP contribution >= 0.6 is 11.3 Å². The molecule has 0 spiro atoms. The Morgan fingerprint density at radius 2 is 2.17 bits per heavy atom. The third kappa shape index (κ3) is 1.68. The lowest BCUT2D eigenvalue weighted by Crippen LogP contribution is -2.10. The molecule has 1 atom stereocenters. The highest BCUT2D eigenvalue weighted by atomic mass is 32.1. The molecule has 0 aliphatic heterocycles. The van der Waals surface area contributed by atoms with Crippen molar-refractivity contribution < 1.29 is 9.90 Å². The number of hydrogen-bond donors (Lipinski definition) is 1. The van der Waals surface area contributed by atoms with E-state index < -0.39 is 5.97 Å². The minimum atomic E-state index is -0.801. The Morgan fingerprint density at radius 1 is 1.44 bits per heavy atom. The number of carboxylic acid groups (broad SMARTS) is 1. The first-order valence-electron chi connectivity index (χ1n) is 6.20. The summed E-state index contributed by atoms with van der Waals surface area (Å²) >= 11 is 1.63. The SMILES string of the molecule is CC1CCCc2sc(-n3cccc3)c(C(=O)O)c21. The Kier molecular flexibility index (Phi) is 2.74. The largest absolute Gasteiger partial charge is 0.478 e. The second-order valence-electron chi connectivity index (χ2n) is 4.81. The van der Waals surface area contributed by atoms with Gasteiger partial charge in [0.05, 0.1) is 5.56 Å². The first kappa shape index (κ1) is 11.5. The maximum absolute atomic E-state index is 11.6. The van der Waals surface area contributed by atoms with Crippen LogP contribution in [0, 0.1) is 0 Å². The predicted molar refractivity (Wildman–Crippen MR) is 72.0 cm³/mol. The van der Waals surface area contributed by atoms with Crippen molar-refractivity contribution >= 4 is 17.3 Å². The molecule has 0 aromatic carbocycles. The maximum Gasteiger partial charge on any atom is 0.339 e. The number of carbonyl (C=O) groups is 1. The molecule has 1 unspecified atom stereocenters. The molecule has 1 aliphatic rings. The molecular formula is C14H15NO2S. The van der Waals surface area contributed by atoms with Gasteiger partial charge < -0.3 is 9.67 Å². The van der Waals surface area contributed by atoms with Crippen molar-refractivity contribution in [1.82, 2.24) is 4.57 Å². The van der Waals surface area contributed by atoms with E-state index in [9.17, 15) is 9.90 Å². The van der Waals surface area contributed by atoms with Gasteiger partial charge in [0.1, 0.15) is 5.00 Å². The first-order chi connectivity index (χ1) is 8.68. The molecule has 2 aromatic heterocycles. The number of aromatic nitrogens is 1. The van der Waals surface area contributed by atoms with E-state index in [1.165, 1.54) is 11.3 Å². The van der Waals surface area contributed by atoms with Gasteiger partial charge in [0, 0.05) is 17.3 Å². The third-order valence-corrected chi connectivity index (χ3v) is 4.87. The summed E-state index contributed by atoms with van der Waals surface area (Å²) in [6.45, 7) is 2.14. The van der Waals surface area contributed by atoms with E-state index in [2.05, 4.69) is 6.92 Å². The highest BCUT2D eigenvalue weighted by molar-refractivity contribution is 7.15. The van der Waals surface area contributed by atoms with Gasteiger partial charge in [0.25, 0.3) is 0 Å². The van der Waals surface area contributed by atoms with Gasteiger partial charge in [0.2, 0.25) is 0 Å². The summed E-state index contributed by atoms with van der Waals surface area (Å²) in [5, 5.41) is 10.4. The van der Waals surface area contributed by atoms with Crippen molar-refractivity contribution in [2.75, 3.05) is 0 Å². The lowest BCUT2D eigenvalue weighted by atomic mass is 9.86. The van der Waals surface area contributed by atoms with E-state index in [4.69, 9.17) is 0 Å². The lowest BCUT2D eigenvalue weighted by molar-refractivity contribution is 0.0695. The zero-order valence-electron chi connectivity index (χ0n) is 10.2. The molecule has 0 radical (unpaired) electrons. The highest BCUT2D eigenvalue weighted by Gasteiger charge is 2.29. The second-order valence-corrected chi connectivity index (χ2v) is 5.89. The van der Waals surface area contributed by atoms with Crippen LogP contribution in [0.2, 0.25) is 0 Å². The minimum absolute atomic E-state index is 0.361. The molecule has 0 bridgehead atoms. The third-order valence-electron chi connectivity index (χ3n) is 3.59. The first-order valence-corrected chi connectivity index (χ1v) is 7.02. The number of hydrogen-bond acceptors (Lipinski definition) is 2. The van der Waals surface area contributed by atoms with Gasteiger partial charge in [-0.25, -0.2) is 4.79 Å². The molecule has 0 amide bonds. The average Bonchev–Trinajstić information content (AvgIpc) is 2.95. The number of aryl methyl sites for hydroxylation is 1. The Labute approximate surface area is 110 Å². The van der Waals surface area contributed by atoms with E-state index in [-0.39, 0.29) is 0 Å². The van der Waals surface area contributed by atoms with Crippen LogP contribution in [0.5, 0.6) is 0 Å². The van der Waals surface area contributed by atoms with Gasteiger partial charge in [-0.3, -0.25) is 0 Å². The van der Waals surface area contributed by atoms with Gasteiger partial charge in [-0.05, 0) is 42.9 Å². The number of rotatable bonds is 2. The van der Waals surface area contributed by atoms with Crippen LogP contribution in [0.1, 0.15) is 46.5 Å². The molecule has 18 heavy (non-hydrogen) atoms. The van der Waals surface area contributed by atoms with E-state index >= 15 is 0 Å². The standard InChI is InChI=1S/C14H15NO2S/c1-9-5-4-6-10-11(9)12(14(16)17)13(18-10)15-7-2-3-8-15/h2-3,7-9H,4-6H2,1H3,(H,16,17). The van der Waals surface area contributed by atoms with Crippen LogP contribution in [0.4, 0.5) is 0 Å². The molecule has 1 aliphatic carbocycles. The fourth-order valence-electron chi connectivity index (χ4n) is 2.76. The van der Waals surface area contributed by atoms with Crippen LogP contribution in [0.15, 0.2) is 24.5 Å². The maximum atomic E-state index is 11.6. The highest BCUT2D eigenvalue weighted by Crippen LogP contribution is 2.42. The van der Waals surface area contributed by atoms with Gasteiger partial charge in [-0.15, -0.1) is 11.3 Å². The Balaban J connectivity index is 2.24. The minimum Gasteiger partial charge on any atom is -0.478 e. The fraction of sp³-hybridized carbons (Fsp3) is 0.357. The van der Waals surface area contributed by atoms with Crippen LogP contribution in [0.3, 0.4) is 0 Å². The predicted octanol–water partition coefficient (Wildman–Crippen LogP) is 3.68. The summed E-state index contributed by atoms with van der Waals surface area (Å²) < 4.78 is 1.92. The zero-order valence-corrected chi connectivity index (χ0v) is 11.0. The Morgan fingerprint density at radius 3 is 2.83 bits per heavy atom. The van der Waals surface area contributed by atoms with Crippen molar-refractivity contribution in [2.24, 2.45) is 0 Å². The number of carboxylic acids is 1. The summed E-state index contributed by atoms with van der Waals surface area (Å²) in [5.41, 5.74) is 1.58. The summed E-state index contributed by atoms with van der Waals surface area (Å²) in [4.78, 5) is 12.8. The van der Waals surface area contributed by atoms with Crippen LogP contribution in [-0.4, -0.2) is 15.6 Å². The van der Waals surface area contributed by atoms with Gasteiger partial charge >= 0.3 is 5.97 Å². The van der Waals surface area contributed by atoms with Crippen molar-refractivity contribution in [2.45, 2.75) is 32.1 Å². The van der Waals surface area contributed by atoms with E-state index in [0.29, 0.717) is 11.5 Å². The molecule has 3 nitrogen and oxygen atoms in total. The monoisotopic (exact) mass is 261 g/mol. The quantitative estimate of drug-likeness (QED) is 0.896. The van der Waals surface area contributed by atoms with E-state index in [1.54, 1.807) is 11.3 Å². The molecule has 0 saturated heterocycles. The second kappa shape index (κ2) is 4.28. The van der Waals surface area contributed by atoms with Crippen molar-refractivity contribution in [3.63, 3.8) is 0 Å². The zero-order chi connectivity index (χ0) is 12.7. The molecule has 4 heteroatoms. The van der Waals surface area contributed by atoms with Gasteiger partial charge in [-0.1, -0.05) is 6.92 Å². The van der Waals surface area contributed by atoms with Crippen LogP contribution < -0.4 is 0 Å². The molecule has 0 saturated carbocycles. The number of aromatic carboxylic acids is 1. The number of fused-ring (bicyclic) bond motifs is 1. The molecule has 2 aromatic rings. The number of nitrogens with zero attached hydrogens (tertiary/aromatic N) is 1.